The number of hydrogen-bond donors (Lipinski definition) is 0. The molecule has 234 valence electrons. The van der Waals surface area contributed by atoms with Crippen molar-refractivity contribution in [2.24, 2.45) is 5.92 Å². The molecule has 1 unspecified atom stereocenters. The van der Waals surface area contributed by atoms with Crippen LogP contribution in [-0.2, 0) is 11.8 Å². The van der Waals surface area contributed by atoms with Gasteiger partial charge in [0.2, 0.25) is 0 Å². The van der Waals surface area contributed by atoms with Crippen LogP contribution < -0.4 is 4.90 Å². The average Bonchev–Trinajstić information content (AvgIpc) is 3.58. The SMILES string of the molecule is CC1CC(c2ccccc2)=CC=C1N(c1ccccc1)c1ccc2c(c1)C(C)(C)c1cc(-n3c4c(c5ccccc53)CCC=C4)ccc1-2. The van der Waals surface area contributed by atoms with Crippen LogP contribution in [0.5, 0.6) is 0 Å². The number of rotatable bonds is 5. The largest absolute Gasteiger partial charge is 0.314 e. The molecule has 3 aliphatic rings. The zero-order valence-electron chi connectivity index (χ0n) is 27.9. The van der Waals surface area contributed by atoms with E-state index >= 15 is 0 Å². The number of allylic oxidation sites excluding steroid dienone is 5. The van der Waals surface area contributed by atoms with Gasteiger partial charge < -0.3 is 9.47 Å². The Hall–Kier alpha value is -5.34. The fraction of sp³-hybridized carbons (Fsp3) is 0.174. The molecule has 0 aliphatic heterocycles. The Bertz CT molecular complexity index is 2300. The molecular formula is C46H40N2. The van der Waals surface area contributed by atoms with Crippen LogP contribution in [0.4, 0.5) is 11.4 Å². The van der Waals surface area contributed by atoms with E-state index in [0.717, 1.165) is 19.3 Å². The van der Waals surface area contributed by atoms with E-state index in [-0.39, 0.29) is 5.41 Å². The molecule has 0 saturated carbocycles. The summed E-state index contributed by atoms with van der Waals surface area (Å²) in [6.45, 7) is 7.17. The highest BCUT2D eigenvalue weighted by atomic mass is 15.2. The lowest BCUT2D eigenvalue weighted by atomic mass is 9.82. The number of anilines is 2. The van der Waals surface area contributed by atoms with Gasteiger partial charge in [0.25, 0.3) is 0 Å². The number of aromatic nitrogens is 1. The van der Waals surface area contributed by atoms with Gasteiger partial charge in [0.1, 0.15) is 0 Å². The molecule has 5 aromatic carbocycles. The highest BCUT2D eigenvalue weighted by molar-refractivity contribution is 5.92. The highest BCUT2D eigenvalue weighted by Crippen LogP contribution is 2.52. The first-order valence-electron chi connectivity index (χ1n) is 17.4. The van der Waals surface area contributed by atoms with E-state index in [1.54, 1.807) is 0 Å². The van der Waals surface area contributed by atoms with E-state index < -0.39 is 0 Å². The molecule has 9 rings (SSSR count). The number of hydrogen-bond acceptors (Lipinski definition) is 1. The number of nitrogens with zero attached hydrogens (tertiary/aromatic N) is 2. The fourth-order valence-electron chi connectivity index (χ4n) is 8.50. The van der Waals surface area contributed by atoms with Crippen LogP contribution in [0.25, 0.3) is 39.4 Å². The van der Waals surface area contributed by atoms with Crippen molar-refractivity contribution in [2.45, 2.75) is 45.4 Å². The van der Waals surface area contributed by atoms with Gasteiger partial charge in [-0.3, -0.25) is 0 Å². The first-order chi connectivity index (χ1) is 23.5. The van der Waals surface area contributed by atoms with Crippen molar-refractivity contribution >= 4 is 33.9 Å². The molecule has 0 spiro atoms. The van der Waals surface area contributed by atoms with Gasteiger partial charge in [-0.25, -0.2) is 0 Å². The first kappa shape index (κ1) is 28.8. The molecule has 3 aliphatic carbocycles. The van der Waals surface area contributed by atoms with Gasteiger partial charge in [0.05, 0.1) is 5.52 Å². The summed E-state index contributed by atoms with van der Waals surface area (Å²) in [4.78, 5) is 2.48. The van der Waals surface area contributed by atoms with Gasteiger partial charge in [0.15, 0.2) is 0 Å². The van der Waals surface area contributed by atoms with E-state index in [2.05, 4.69) is 176 Å². The van der Waals surface area contributed by atoms with Gasteiger partial charge in [-0.1, -0.05) is 112 Å². The van der Waals surface area contributed by atoms with Crippen molar-refractivity contribution in [1.29, 1.82) is 0 Å². The molecule has 1 heterocycles. The second kappa shape index (κ2) is 11.1. The number of para-hydroxylation sites is 2. The third kappa shape index (κ3) is 4.47. The quantitative estimate of drug-likeness (QED) is 0.186. The predicted octanol–water partition coefficient (Wildman–Crippen LogP) is 12.0. The molecule has 0 saturated heterocycles. The summed E-state index contributed by atoms with van der Waals surface area (Å²) in [5.41, 5.74) is 17.1. The van der Waals surface area contributed by atoms with E-state index in [9.17, 15) is 0 Å². The van der Waals surface area contributed by atoms with Crippen LogP contribution in [0.3, 0.4) is 0 Å². The number of aryl methyl sites for hydroxylation is 1. The molecule has 2 nitrogen and oxygen atoms in total. The minimum Gasteiger partial charge on any atom is -0.314 e. The number of benzene rings is 5. The van der Waals surface area contributed by atoms with Crippen molar-refractivity contribution < 1.29 is 0 Å². The molecule has 1 atom stereocenters. The molecule has 48 heavy (non-hydrogen) atoms. The van der Waals surface area contributed by atoms with Gasteiger partial charge in [-0.2, -0.15) is 0 Å². The standard InChI is InChI=1S/C46H40N2/c1-31-28-33(32-14-6-4-7-15-32)22-27-43(31)47(34-16-8-5-9-17-34)35-23-25-37-38-26-24-36(30-42(38)46(2,3)41(37)29-35)48-44-20-12-10-18-39(44)40-19-11-13-21-45(40)48/h4-10,12-18,20-27,29-31H,11,19,28H2,1-3H3. The van der Waals surface area contributed by atoms with Crippen molar-refractivity contribution in [2.75, 3.05) is 4.90 Å². The third-order valence-electron chi connectivity index (χ3n) is 10.9. The first-order valence-corrected chi connectivity index (χ1v) is 17.4. The second-order valence-electron chi connectivity index (χ2n) is 14.2. The summed E-state index contributed by atoms with van der Waals surface area (Å²) in [6.07, 6.45) is 12.5. The lowest BCUT2D eigenvalue weighted by Crippen LogP contribution is -2.24. The molecule has 0 radical (unpaired) electrons. The maximum absolute atomic E-state index is 2.48. The van der Waals surface area contributed by atoms with Crippen LogP contribution in [0.1, 0.15) is 61.6 Å². The Morgan fingerprint density at radius 2 is 1.42 bits per heavy atom. The highest BCUT2D eigenvalue weighted by Gasteiger charge is 2.37. The summed E-state index contributed by atoms with van der Waals surface area (Å²) < 4.78 is 2.48. The van der Waals surface area contributed by atoms with E-state index in [1.165, 1.54) is 78.3 Å². The normalized spacial score (nSPS) is 17.4. The second-order valence-corrected chi connectivity index (χ2v) is 14.2. The van der Waals surface area contributed by atoms with Crippen LogP contribution in [-0.4, -0.2) is 4.57 Å². The zero-order valence-corrected chi connectivity index (χ0v) is 27.9. The summed E-state index contributed by atoms with van der Waals surface area (Å²) in [5.74, 6) is 0.364. The average molecular weight is 621 g/mol. The summed E-state index contributed by atoms with van der Waals surface area (Å²) in [5, 5.41) is 1.38. The van der Waals surface area contributed by atoms with Crippen molar-refractivity contribution in [3.8, 4) is 16.8 Å². The molecule has 0 N–H and O–H groups in total. The summed E-state index contributed by atoms with van der Waals surface area (Å²) >= 11 is 0. The molecule has 6 aromatic rings. The van der Waals surface area contributed by atoms with Gasteiger partial charge >= 0.3 is 0 Å². The Labute approximate surface area is 284 Å². The van der Waals surface area contributed by atoms with Gasteiger partial charge in [-0.15, -0.1) is 0 Å². The third-order valence-corrected chi connectivity index (χ3v) is 10.9. The van der Waals surface area contributed by atoms with Crippen LogP contribution >= 0.6 is 0 Å². The lowest BCUT2D eigenvalue weighted by Gasteiger charge is -2.34. The Morgan fingerprint density at radius 1 is 0.708 bits per heavy atom. The maximum Gasteiger partial charge on any atom is 0.0537 e. The predicted molar refractivity (Wildman–Crippen MR) is 203 cm³/mol. The monoisotopic (exact) mass is 620 g/mol. The zero-order chi connectivity index (χ0) is 32.4. The van der Waals surface area contributed by atoms with Crippen LogP contribution in [0.2, 0.25) is 0 Å². The maximum atomic E-state index is 2.48. The minimum atomic E-state index is -0.148. The van der Waals surface area contributed by atoms with Crippen LogP contribution in [0, 0.1) is 5.92 Å². The molecular weight excluding hydrogens is 581 g/mol. The summed E-state index contributed by atoms with van der Waals surface area (Å²) in [7, 11) is 0. The Morgan fingerprint density at radius 3 is 2.21 bits per heavy atom. The van der Waals surface area contributed by atoms with E-state index in [0.29, 0.717) is 5.92 Å². The topological polar surface area (TPSA) is 8.17 Å². The number of fused-ring (bicyclic) bond motifs is 6. The Balaban J connectivity index is 1.15. The molecule has 2 heteroatoms. The van der Waals surface area contributed by atoms with E-state index in [1.807, 2.05) is 0 Å². The minimum absolute atomic E-state index is 0.148. The van der Waals surface area contributed by atoms with Crippen molar-refractivity contribution in [3.63, 3.8) is 0 Å². The Kier molecular flexibility index (Phi) is 6.69. The molecule has 0 bridgehead atoms. The fourth-order valence-corrected chi connectivity index (χ4v) is 8.50. The molecule has 1 aromatic heterocycles. The van der Waals surface area contributed by atoms with Crippen molar-refractivity contribution in [1.82, 2.24) is 4.57 Å². The van der Waals surface area contributed by atoms with Crippen molar-refractivity contribution in [3.05, 3.63) is 173 Å². The van der Waals surface area contributed by atoms with E-state index in [4.69, 9.17) is 0 Å². The molecule has 0 fully saturated rings. The van der Waals surface area contributed by atoms with Gasteiger partial charge in [-0.05, 0) is 113 Å². The summed E-state index contributed by atoms with van der Waals surface area (Å²) in [6, 6.07) is 44.9. The molecule has 0 amide bonds. The smallest absolute Gasteiger partial charge is 0.0537 e. The lowest BCUT2D eigenvalue weighted by molar-refractivity contribution is 0.658. The van der Waals surface area contributed by atoms with Crippen LogP contribution in [0.15, 0.2) is 145 Å². The van der Waals surface area contributed by atoms with Gasteiger partial charge in [0, 0.05) is 45.2 Å².